The topological polar surface area (TPSA) is 73.9 Å². The predicted octanol–water partition coefficient (Wildman–Crippen LogP) is 1.52. The fraction of sp³-hybridized carbons (Fsp3) is 0.600. The molecule has 1 aliphatic heterocycles. The van der Waals surface area contributed by atoms with Gasteiger partial charge in [0.1, 0.15) is 6.10 Å². The summed E-state index contributed by atoms with van der Waals surface area (Å²) in [5, 5.41) is 2.63. The first-order chi connectivity index (χ1) is 9.68. The third-order valence-electron chi connectivity index (χ3n) is 3.01. The molecule has 21 heavy (non-hydrogen) atoms. The number of amides is 1. The molecule has 1 fully saturated rings. The summed E-state index contributed by atoms with van der Waals surface area (Å²) in [6.07, 6.45) is 5.10. The van der Waals surface area contributed by atoms with Gasteiger partial charge < -0.3 is 19.5 Å². The summed E-state index contributed by atoms with van der Waals surface area (Å²) >= 11 is 0. The zero-order valence-corrected chi connectivity index (χ0v) is 13.1. The molecule has 1 atom stereocenters. The van der Waals surface area contributed by atoms with Gasteiger partial charge in [0.15, 0.2) is 5.79 Å². The summed E-state index contributed by atoms with van der Waals surface area (Å²) in [6, 6.07) is 0. The summed E-state index contributed by atoms with van der Waals surface area (Å²) in [4.78, 5) is 23.0. The Kier molecular flexibility index (Phi) is 5.69. The van der Waals surface area contributed by atoms with Crippen LogP contribution in [0.15, 0.2) is 24.4 Å². The Morgan fingerprint density at radius 3 is 2.52 bits per heavy atom. The van der Waals surface area contributed by atoms with Crippen LogP contribution < -0.4 is 5.32 Å². The number of methoxy groups -OCH3 is 1. The van der Waals surface area contributed by atoms with Crippen LogP contribution in [0.5, 0.6) is 0 Å². The molecule has 0 saturated carbocycles. The molecule has 1 aliphatic rings. The van der Waals surface area contributed by atoms with E-state index in [9.17, 15) is 9.59 Å². The number of hydrogen-bond donors (Lipinski definition) is 1. The second-order valence-electron chi connectivity index (χ2n) is 5.92. The third kappa shape index (κ3) is 5.32. The number of carbonyl (C=O) groups is 2. The van der Waals surface area contributed by atoms with E-state index in [1.165, 1.54) is 31.5 Å². The Morgan fingerprint density at radius 1 is 1.24 bits per heavy atom. The molecule has 0 aromatic heterocycles. The molecular formula is C15H23NO5. The zero-order valence-electron chi connectivity index (χ0n) is 13.1. The van der Waals surface area contributed by atoms with Crippen molar-refractivity contribution in [3.8, 4) is 0 Å². The van der Waals surface area contributed by atoms with Gasteiger partial charge in [0, 0.05) is 17.7 Å². The SMILES string of the molecule is COC(=O)/C=C/C=C\NC(=O)[C@H]1OC(C)(C)OCC1(C)C. The Hall–Kier alpha value is -1.66. The number of esters is 1. The highest BCUT2D eigenvalue weighted by Gasteiger charge is 2.45. The van der Waals surface area contributed by atoms with Crippen molar-refractivity contribution in [2.24, 2.45) is 5.41 Å². The molecule has 1 N–H and O–H groups in total. The Balaban J connectivity index is 2.59. The van der Waals surface area contributed by atoms with Crippen molar-refractivity contribution in [3.05, 3.63) is 24.4 Å². The fourth-order valence-corrected chi connectivity index (χ4v) is 1.78. The average Bonchev–Trinajstić information content (AvgIpc) is 2.41. The van der Waals surface area contributed by atoms with Gasteiger partial charge in [-0.15, -0.1) is 0 Å². The minimum Gasteiger partial charge on any atom is -0.466 e. The fourth-order valence-electron chi connectivity index (χ4n) is 1.78. The molecular weight excluding hydrogens is 274 g/mol. The largest absolute Gasteiger partial charge is 0.466 e. The minimum atomic E-state index is -0.786. The maximum absolute atomic E-state index is 12.2. The lowest BCUT2D eigenvalue weighted by Crippen LogP contribution is -2.55. The van der Waals surface area contributed by atoms with Crippen molar-refractivity contribution in [2.75, 3.05) is 13.7 Å². The lowest BCUT2D eigenvalue weighted by Gasteiger charge is -2.44. The maximum atomic E-state index is 12.2. The maximum Gasteiger partial charge on any atom is 0.330 e. The van der Waals surface area contributed by atoms with Crippen LogP contribution in [-0.4, -0.2) is 37.5 Å². The minimum absolute atomic E-state index is 0.251. The van der Waals surface area contributed by atoms with Crippen molar-refractivity contribution in [1.82, 2.24) is 5.32 Å². The summed E-state index contributed by atoms with van der Waals surface area (Å²) < 4.78 is 15.7. The van der Waals surface area contributed by atoms with Crippen molar-refractivity contribution >= 4 is 11.9 Å². The molecule has 0 aromatic carbocycles. The van der Waals surface area contributed by atoms with Crippen molar-refractivity contribution in [1.29, 1.82) is 0 Å². The van der Waals surface area contributed by atoms with E-state index in [0.717, 1.165) is 0 Å². The number of hydrogen-bond acceptors (Lipinski definition) is 5. The van der Waals surface area contributed by atoms with Crippen LogP contribution in [0, 0.1) is 5.41 Å². The van der Waals surface area contributed by atoms with Crippen LogP contribution in [0.4, 0.5) is 0 Å². The highest BCUT2D eigenvalue weighted by molar-refractivity contribution is 5.83. The Bertz CT molecular complexity index is 451. The molecule has 0 aromatic rings. The Labute approximate surface area is 125 Å². The average molecular weight is 297 g/mol. The van der Waals surface area contributed by atoms with Crippen molar-refractivity contribution in [3.63, 3.8) is 0 Å². The first-order valence-electron chi connectivity index (χ1n) is 6.71. The van der Waals surface area contributed by atoms with Gasteiger partial charge in [0.05, 0.1) is 13.7 Å². The van der Waals surface area contributed by atoms with E-state index in [0.29, 0.717) is 6.61 Å². The second kappa shape index (κ2) is 6.87. The molecule has 0 unspecified atom stereocenters. The van der Waals surface area contributed by atoms with Crippen LogP contribution in [0.3, 0.4) is 0 Å². The lowest BCUT2D eigenvalue weighted by molar-refractivity contribution is -0.303. The molecule has 6 nitrogen and oxygen atoms in total. The van der Waals surface area contributed by atoms with E-state index in [-0.39, 0.29) is 5.91 Å². The van der Waals surface area contributed by atoms with Gasteiger partial charge in [0.25, 0.3) is 5.91 Å². The van der Waals surface area contributed by atoms with Crippen molar-refractivity contribution in [2.45, 2.75) is 39.6 Å². The quantitative estimate of drug-likeness (QED) is 0.484. The summed E-state index contributed by atoms with van der Waals surface area (Å²) in [7, 11) is 1.30. The van der Waals surface area contributed by atoms with Gasteiger partial charge in [-0.1, -0.05) is 19.9 Å². The molecule has 0 radical (unpaired) electrons. The van der Waals surface area contributed by atoms with E-state index in [1.54, 1.807) is 13.8 Å². The van der Waals surface area contributed by atoms with Gasteiger partial charge in [-0.2, -0.15) is 0 Å². The van der Waals surface area contributed by atoms with E-state index >= 15 is 0 Å². The van der Waals surface area contributed by atoms with Gasteiger partial charge >= 0.3 is 5.97 Å². The van der Waals surface area contributed by atoms with Crippen LogP contribution >= 0.6 is 0 Å². The first-order valence-corrected chi connectivity index (χ1v) is 6.71. The summed E-state index contributed by atoms with van der Waals surface area (Å²) in [5.41, 5.74) is -0.421. The highest BCUT2D eigenvalue weighted by Crippen LogP contribution is 2.34. The third-order valence-corrected chi connectivity index (χ3v) is 3.01. The van der Waals surface area contributed by atoms with Gasteiger partial charge in [-0.3, -0.25) is 4.79 Å². The summed E-state index contributed by atoms with van der Waals surface area (Å²) in [6.45, 7) is 7.81. The Morgan fingerprint density at radius 2 is 1.90 bits per heavy atom. The molecule has 1 saturated heterocycles. The molecule has 1 rings (SSSR count). The molecule has 1 heterocycles. The number of ether oxygens (including phenoxy) is 3. The molecule has 0 bridgehead atoms. The van der Waals surface area contributed by atoms with Crippen LogP contribution in [0.1, 0.15) is 27.7 Å². The van der Waals surface area contributed by atoms with Crippen LogP contribution in [-0.2, 0) is 23.8 Å². The van der Waals surface area contributed by atoms with E-state index in [4.69, 9.17) is 9.47 Å². The van der Waals surface area contributed by atoms with E-state index < -0.39 is 23.3 Å². The van der Waals surface area contributed by atoms with E-state index in [1.807, 2.05) is 13.8 Å². The summed E-state index contributed by atoms with van der Waals surface area (Å²) in [5.74, 6) is -1.49. The second-order valence-corrected chi connectivity index (χ2v) is 5.92. The normalized spacial score (nSPS) is 24.1. The van der Waals surface area contributed by atoms with Crippen LogP contribution in [0.2, 0.25) is 0 Å². The molecule has 6 heteroatoms. The molecule has 1 amide bonds. The van der Waals surface area contributed by atoms with Gasteiger partial charge in [-0.05, 0) is 19.9 Å². The number of carbonyl (C=O) groups excluding carboxylic acids is 2. The first kappa shape index (κ1) is 17.4. The van der Waals surface area contributed by atoms with Gasteiger partial charge in [0.2, 0.25) is 0 Å². The predicted molar refractivity (Wildman–Crippen MR) is 77.1 cm³/mol. The van der Waals surface area contributed by atoms with E-state index in [2.05, 4.69) is 10.1 Å². The van der Waals surface area contributed by atoms with Gasteiger partial charge in [-0.25, -0.2) is 4.79 Å². The number of rotatable bonds is 4. The zero-order chi connectivity index (χ0) is 16.1. The monoisotopic (exact) mass is 297 g/mol. The van der Waals surface area contributed by atoms with Crippen LogP contribution in [0.25, 0.3) is 0 Å². The highest BCUT2D eigenvalue weighted by atomic mass is 16.7. The number of allylic oxidation sites excluding steroid dienone is 2. The molecule has 0 aliphatic carbocycles. The lowest BCUT2D eigenvalue weighted by atomic mass is 9.85. The number of nitrogens with one attached hydrogen (secondary N) is 1. The smallest absolute Gasteiger partial charge is 0.330 e. The molecule has 118 valence electrons. The molecule has 0 spiro atoms. The van der Waals surface area contributed by atoms with Crippen molar-refractivity contribution < 1.29 is 23.8 Å². The standard InChI is InChI=1S/C15H23NO5/c1-14(2)10-20-15(3,4)21-12(14)13(18)16-9-7-6-8-11(17)19-5/h6-9,12H,10H2,1-5H3,(H,16,18)/b8-6+,9-7-/t12-/m1/s1.